The molecule has 7 heteroatoms. The Bertz CT molecular complexity index is 692. The van der Waals surface area contributed by atoms with Gasteiger partial charge in [-0.3, -0.25) is 4.68 Å². The number of alkyl halides is 3. The normalized spacial score (nSPS) is 11.1. The second-order valence-corrected chi connectivity index (χ2v) is 4.20. The number of nitrogens with zero attached hydrogens (tertiary/aromatic N) is 2. The molecule has 0 saturated carbocycles. The van der Waals surface area contributed by atoms with Gasteiger partial charge in [-0.1, -0.05) is 17.9 Å². The van der Waals surface area contributed by atoms with Crippen LogP contribution < -0.4 is 5.73 Å². The van der Waals surface area contributed by atoms with Crippen LogP contribution in [0, 0.1) is 17.7 Å². The summed E-state index contributed by atoms with van der Waals surface area (Å²) in [6.07, 6.45) is -3.28. The molecule has 0 aliphatic carbocycles. The van der Waals surface area contributed by atoms with Gasteiger partial charge in [-0.25, -0.2) is 4.39 Å². The third-order valence-electron chi connectivity index (χ3n) is 2.66. The van der Waals surface area contributed by atoms with Crippen molar-refractivity contribution in [3.05, 3.63) is 53.1 Å². The lowest BCUT2D eigenvalue weighted by molar-refractivity contribution is -0.141. The van der Waals surface area contributed by atoms with E-state index in [9.17, 15) is 17.6 Å². The molecule has 1 aromatic carbocycles. The van der Waals surface area contributed by atoms with Crippen LogP contribution in [0.1, 0.15) is 16.8 Å². The number of hydrogen-bond acceptors (Lipinski definition) is 2. The van der Waals surface area contributed by atoms with E-state index in [-0.39, 0.29) is 13.1 Å². The third-order valence-corrected chi connectivity index (χ3v) is 2.66. The SMILES string of the molecule is NCC#Cc1cc(F)ccc1Cn1ccc(C(F)(F)F)n1. The number of rotatable bonds is 2. The van der Waals surface area contributed by atoms with Crippen molar-refractivity contribution in [3.8, 4) is 11.8 Å². The molecule has 2 N–H and O–H groups in total. The molecule has 1 heterocycles. The van der Waals surface area contributed by atoms with E-state index in [0.717, 1.165) is 10.7 Å². The molecule has 2 aromatic rings. The molecular weight excluding hydrogens is 286 g/mol. The number of aromatic nitrogens is 2. The van der Waals surface area contributed by atoms with Crippen molar-refractivity contribution < 1.29 is 17.6 Å². The zero-order chi connectivity index (χ0) is 15.5. The Balaban J connectivity index is 2.29. The third kappa shape index (κ3) is 3.83. The Kier molecular flexibility index (Phi) is 4.29. The minimum Gasteiger partial charge on any atom is -0.320 e. The molecule has 3 nitrogen and oxygen atoms in total. The van der Waals surface area contributed by atoms with Gasteiger partial charge in [0.05, 0.1) is 13.1 Å². The van der Waals surface area contributed by atoms with Gasteiger partial charge in [0.25, 0.3) is 0 Å². The van der Waals surface area contributed by atoms with Crippen LogP contribution in [-0.4, -0.2) is 16.3 Å². The zero-order valence-electron chi connectivity index (χ0n) is 10.8. The van der Waals surface area contributed by atoms with Crippen molar-refractivity contribution in [2.45, 2.75) is 12.7 Å². The van der Waals surface area contributed by atoms with Gasteiger partial charge in [0.15, 0.2) is 5.69 Å². The first-order chi connectivity index (χ1) is 9.90. The Morgan fingerprint density at radius 1 is 1.24 bits per heavy atom. The average Bonchev–Trinajstić information content (AvgIpc) is 2.87. The van der Waals surface area contributed by atoms with E-state index in [4.69, 9.17) is 5.73 Å². The molecule has 2 rings (SSSR count). The monoisotopic (exact) mass is 297 g/mol. The summed E-state index contributed by atoms with van der Waals surface area (Å²) in [5, 5.41) is 3.45. The zero-order valence-corrected chi connectivity index (χ0v) is 10.8. The van der Waals surface area contributed by atoms with E-state index in [2.05, 4.69) is 16.9 Å². The molecule has 110 valence electrons. The minimum atomic E-state index is -4.49. The molecule has 0 spiro atoms. The van der Waals surface area contributed by atoms with Crippen molar-refractivity contribution in [1.29, 1.82) is 0 Å². The van der Waals surface area contributed by atoms with E-state index in [1.165, 1.54) is 24.4 Å². The number of hydrogen-bond donors (Lipinski definition) is 1. The van der Waals surface area contributed by atoms with Crippen LogP contribution in [0.2, 0.25) is 0 Å². The first-order valence-corrected chi connectivity index (χ1v) is 5.98. The Labute approximate surface area is 118 Å². The van der Waals surface area contributed by atoms with Gasteiger partial charge in [-0.15, -0.1) is 0 Å². The predicted molar refractivity (Wildman–Crippen MR) is 68.7 cm³/mol. The number of halogens is 4. The summed E-state index contributed by atoms with van der Waals surface area (Å²) in [4.78, 5) is 0. The molecule has 0 aliphatic heterocycles. The van der Waals surface area contributed by atoms with E-state index in [1.807, 2.05) is 0 Å². The molecule has 0 aliphatic rings. The first-order valence-electron chi connectivity index (χ1n) is 5.98. The highest BCUT2D eigenvalue weighted by atomic mass is 19.4. The van der Waals surface area contributed by atoms with Gasteiger partial charge in [0.2, 0.25) is 0 Å². The molecule has 0 fully saturated rings. The number of benzene rings is 1. The van der Waals surface area contributed by atoms with Gasteiger partial charge in [0, 0.05) is 11.8 Å². The summed E-state index contributed by atoms with van der Waals surface area (Å²) in [6, 6.07) is 4.78. The summed E-state index contributed by atoms with van der Waals surface area (Å²) in [7, 11) is 0. The molecule has 0 atom stereocenters. The fraction of sp³-hybridized carbons (Fsp3) is 0.214. The fourth-order valence-electron chi connectivity index (χ4n) is 1.72. The lowest BCUT2D eigenvalue weighted by atomic mass is 10.1. The van der Waals surface area contributed by atoms with Crippen molar-refractivity contribution in [3.63, 3.8) is 0 Å². The maximum absolute atomic E-state index is 13.2. The predicted octanol–water partition coefficient (Wildman–Crippen LogP) is 2.40. The van der Waals surface area contributed by atoms with Crippen LogP contribution in [0.15, 0.2) is 30.5 Å². The van der Waals surface area contributed by atoms with Crippen LogP contribution in [0.25, 0.3) is 0 Å². The quantitative estimate of drug-likeness (QED) is 0.683. The van der Waals surface area contributed by atoms with Crippen LogP contribution in [0.4, 0.5) is 17.6 Å². The fourth-order valence-corrected chi connectivity index (χ4v) is 1.72. The van der Waals surface area contributed by atoms with Gasteiger partial charge in [-0.2, -0.15) is 18.3 Å². The van der Waals surface area contributed by atoms with E-state index in [1.54, 1.807) is 0 Å². The summed E-state index contributed by atoms with van der Waals surface area (Å²) >= 11 is 0. The highest BCUT2D eigenvalue weighted by molar-refractivity contribution is 5.42. The standard InChI is InChI=1S/C14H11F4N3/c15-12-4-3-11(10(8-12)2-1-6-19)9-21-7-5-13(20-21)14(16,17)18/h3-5,7-8H,6,9,19H2. The van der Waals surface area contributed by atoms with Gasteiger partial charge < -0.3 is 5.73 Å². The molecule has 0 unspecified atom stereocenters. The summed E-state index contributed by atoms with van der Waals surface area (Å²) in [6.45, 7) is 0.168. The largest absolute Gasteiger partial charge is 0.435 e. The molecule has 0 saturated heterocycles. The second-order valence-electron chi connectivity index (χ2n) is 4.20. The van der Waals surface area contributed by atoms with Gasteiger partial charge in [0.1, 0.15) is 5.82 Å². The average molecular weight is 297 g/mol. The Morgan fingerprint density at radius 3 is 2.62 bits per heavy atom. The van der Waals surface area contributed by atoms with Crippen LogP contribution in [0.5, 0.6) is 0 Å². The minimum absolute atomic E-state index is 0.0605. The maximum Gasteiger partial charge on any atom is 0.435 e. The first kappa shape index (κ1) is 15.1. The highest BCUT2D eigenvalue weighted by Gasteiger charge is 2.33. The summed E-state index contributed by atoms with van der Waals surface area (Å²) in [5.41, 5.74) is 5.23. The maximum atomic E-state index is 13.2. The Morgan fingerprint density at radius 2 is 2.00 bits per heavy atom. The molecule has 0 radical (unpaired) electrons. The second kappa shape index (κ2) is 5.97. The molecule has 0 amide bonds. The van der Waals surface area contributed by atoms with Crippen molar-refractivity contribution in [2.75, 3.05) is 6.54 Å². The van der Waals surface area contributed by atoms with E-state index < -0.39 is 17.7 Å². The molecule has 21 heavy (non-hydrogen) atoms. The smallest absolute Gasteiger partial charge is 0.320 e. The van der Waals surface area contributed by atoms with Crippen LogP contribution in [-0.2, 0) is 12.7 Å². The molecular formula is C14H11F4N3. The van der Waals surface area contributed by atoms with Crippen molar-refractivity contribution >= 4 is 0 Å². The van der Waals surface area contributed by atoms with Crippen molar-refractivity contribution in [2.24, 2.45) is 5.73 Å². The Hall–Kier alpha value is -2.33. The summed E-state index contributed by atoms with van der Waals surface area (Å²) in [5.74, 6) is 4.81. The number of nitrogens with two attached hydrogens (primary N) is 1. The lowest BCUT2D eigenvalue weighted by Crippen LogP contribution is -2.09. The van der Waals surface area contributed by atoms with E-state index >= 15 is 0 Å². The van der Waals surface area contributed by atoms with Crippen molar-refractivity contribution in [1.82, 2.24) is 9.78 Å². The topological polar surface area (TPSA) is 43.8 Å². The van der Waals surface area contributed by atoms with E-state index in [0.29, 0.717) is 11.1 Å². The molecule has 1 aromatic heterocycles. The molecule has 0 bridgehead atoms. The van der Waals surface area contributed by atoms with Crippen LogP contribution >= 0.6 is 0 Å². The lowest BCUT2D eigenvalue weighted by Gasteiger charge is -2.06. The van der Waals surface area contributed by atoms with Crippen LogP contribution in [0.3, 0.4) is 0 Å². The summed E-state index contributed by atoms with van der Waals surface area (Å²) < 4.78 is 51.8. The van der Waals surface area contributed by atoms with Gasteiger partial charge in [-0.05, 0) is 23.8 Å². The highest BCUT2D eigenvalue weighted by Crippen LogP contribution is 2.27. The van der Waals surface area contributed by atoms with Gasteiger partial charge >= 0.3 is 6.18 Å².